The molecule has 1 aromatic rings. The highest BCUT2D eigenvalue weighted by atomic mass is 19.2. The van der Waals surface area contributed by atoms with Crippen LogP contribution in [0.4, 0.5) is 8.78 Å². The molecule has 0 spiro atoms. The van der Waals surface area contributed by atoms with E-state index in [9.17, 15) is 8.78 Å². The SMILES string of the molecule is N#Cc1ccc(C2CC[N]CC2)c(F)c1F. The van der Waals surface area contributed by atoms with Gasteiger partial charge in [-0.15, -0.1) is 0 Å². The quantitative estimate of drug-likeness (QED) is 0.717. The summed E-state index contributed by atoms with van der Waals surface area (Å²) in [6.45, 7) is 1.40. The largest absolute Gasteiger partial charge is 0.242 e. The van der Waals surface area contributed by atoms with Crippen molar-refractivity contribution in [3.63, 3.8) is 0 Å². The summed E-state index contributed by atoms with van der Waals surface area (Å²) >= 11 is 0. The van der Waals surface area contributed by atoms with E-state index in [1.807, 2.05) is 0 Å². The molecule has 1 aromatic carbocycles. The Kier molecular flexibility index (Phi) is 3.16. The third-order valence-electron chi connectivity index (χ3n) is 2.94. The van der Waals surface area contributed by atoms with E-state index in [1.54, 1.807) is 6.07 Å². The van der Waals surface area contributed by atoms with Gasteiger partial charge < -0.3 is 0 Å². The van der Waals surface area contributed by atoms with E-state index in [0.29, 0.717) is 18.7 Å². The number of hydrogen-bond acceptors (Lipinski definition) is 1. The second-order valence-electron chi connectivity index (χ2n) is 3.89. The first kappa shape index (κ1) is 11.0. The Bertz CT molecular complexity index is 431. The standard InChI is InChI=1S/C12H11F2N2/c13-11-9(7-15)1-2-10(12(11)14)8-3-5-16-6-4-8/h1-2,8H,3-6H2. The summed E-state index contributed by atoms with van der Waals surface area (Å²) in [6, 6.07) is 4.50. The molecule has 1 radical (unpaired) electrons. The van der Waals surface area contributed by atoms with Crippen LogP contribution in [0.5, 0.6) is 0 Å². The molecule has 4 heteroatoms. The van der Waals surface area contributed by atoms with Crippen molar-refractivity contribution >= 4 is 0 Å². The number of benzene rings is 1. The van der Waals surface area contributed by atoms with E-state index < -0.39 is 11.6 Å². The van der Waals surface area contributed by atoms with Gasteiger partial charge in [0.05, 0.1) is 5.56 Å². The molecule has 83 valence electrons. The highest BCUT2D eigenvalue weighted by Crippen LogP contribution is 2.29. The zero-order valence-corrected chi connectivity index (χ0v) is 8.71. The minimum Gasteiger partial charge on any atom is -0.242 e. The van der Waals surface area contributed by atoms with Crippen molar-refractivity contribution in [3.05, 3.63) is 34.9 Å². The fourth-order valence-electron chi connectivity index (χ4n) is 2.03. The Morgan fingerprint density at radius 1 is 1.19 bits per heavy atom. The Morgan fingerprint density at radius 2 is 1.88 bits per heavy atom. The molecule has 1 fully saturated rings. The summed E-state index contributed by atoms with van der Waals surface area (Å²) in [5.41, 5.74) is 0.146. The summed E-state index contributed by atoms with van der Waals surface area (Å²) in [6.07, 6.45) is 1.50. The lowest BCUT2D eigenvalue weighted by Gasteiger charge is -2.22. The van der Waals surface area contributed by atoms with E-state index in [1.165, 1.54) is 12.1 Å². The zero-order valence-electron chi connectivity index (χ0n) is 8.71. The van der Waals surface area contributed by atoms with Gasteiger partial charge in [0.15, 0.2) is 11.6 Å². The molecule has 0 amide bonds. The van der Waals surface area contributed by atoms with E-state index >= 15 is 0 Å². The van der Waals surface area contributed by atoms with Crippen LogP contribution in [-0.4, -0.2) is 13.1 Å². The van der Waals surface area contributed by atoms with Gasteiger partial charge in [-0.25, -0.2) is 14.1 Å². The number of nitrogens with zero attached hydrogens (tertiary/aromatic N) is 2. The normalized spacial score (nSPS) is 17.1. The number of piperidine rings is 1. The molecular formula is C12H11F2N2. The van der Waals surface area contributed by atoms with Crippen LogP contribution in [0.15, 0.2) is 12.1 Å². The first-order chi connectivity index (χ1) is 7.74. The Hall–Kier alpha value is -1.47. The number of nitriles is 1. The van der Waals surface area contributed by atoms with Crippen LogP contribution in [0.1, 0.15) is 29.9 Å². The zero-order chi connectivity index (χ0) is 11.5. The van der Waals surface area contributed by atoms with Crippen LogP contribution in [0, 0.1) is 23.0 Å². The van der Waals surface area contributed by atoms with E-state index in [2.05, 4.69) is 5.32 Å². The van der Waals surface area contributed by atoms with Crippen LogP contribution in [0.3, 0.4) is 0 Å². The molecule has 1 aliphatic rings. The summed E-state index contributed by atoms with van der Waals surface area (Å²) in [5, 5.41) is 12.7. The highest BCUT2D eigenvalue weighted by Gasteiger charge is 2.22. The van der Waals surface area contributed by atoms with Gasteiger partial charge in [-0.2, -0.15) is 5.26 Å². The molecule has 2 nitrogen and oxygen atoms in total. The van der Waals surface area contributed by atoms with Crippen LogP contribution in [-0.2, 0) is 0 Å². The lowest BCUT2D eigenvalue weighted by atomic mass is 9.89. The first-order valence-corrected chi connectivity index (χ1v) is 5.25. The molecule has 0 bridgehead atoms. The molecular weight excluding hydrogens is 210 g/mol. The third-order valence-corrected chi connectivity index (χ3v) is 2.94. The summed E-state index contributed by atoms with van der Waals surface area (Å²) in [5.74, 6) is -1.87. The summed E-state index contributed by atoms with van der Waals surface area (Å²) < 4.78 is 27.1. The number of hydrogen-bond donors (Lipinski definition) is 0. The minimum atomic E-state index is -1.03. The molecule has 0 aromatic heterocycles. The second-order valence-corrected chi connectivity index (χ2v) is 3.89. The molecule has 0 saturated carbocycles. The van der Waals surface area contributed by atoms with Gasteiger partial charge in [0.1, 0.15) is 6.07 Å². The maximum Gasteiger partial charge on any atom is 0.176 e. The van der Waals surface area contributed by atoms with Gasteiger partial charge in [-0.1, -0.05) is 6.07 Å². The summed E-state index contributed by atoms with van der Waals surface area (Å²) in [7, 11) is 0. The van der Waals surface area contributed by atoms with Crippen molar-refractivity contribution in [3.8, 4) is 6.07 Å². The van der Waals surface area contributed by atoms with Crippen molar-refractivity contribution in [2.75, 3.05) is 13.1 Å². The van der Waals surface area contributed by atoms with Crippen LogP contribution >= 0.6 is 0 Å². The van der Waals surface area contributed by atoms with Crippen molar-refractivity contribution in [2.45, 2.75) is 18.8 Å². The predicted molar refractivity (Wildman–Crippen MR) is 54.9 cm³/mol. The Morgan fingerprint density at radius 3 is 2.50 bits per heavy atom. The first-order valence-electron chi connectivity index (χ1n) is 5.25. The molecule has 0 aliphatic carbocycles. The third kappa shape index (κ3) is 1.91. The monoisotopic (exact) mass is 221 g/mol. The molecule has 16 heavy (non-hydrogen) atoms. The fraction of sp³-hybridized carbons (Fsp3) is 0.417. The Balaban J connectivity index is 2.35. The molecule has 0 N–H and O–H groups in total. The molecule has 1 saturated heterocycles. The van der Waals surface area contributed by atoms with E-state index in [4.69, 9.17) is 5.26 Å². The maximum absolute atomic E-state index is 13.7. The van der Waals surface area contributed by atoms with Gasteiger partial charge in [-0.3, -0.25) is 0 Å². The van der Waals surface area contributed by atoms with Gasteiger partial charge in [0.25, 0.3) is 0 Å². The smallest absolute Gasteiger partial charge is 0.176 e. The lowest BCUT2D eigenvalue weighted by Crippen LogP contribution is -2.22. The maximum atomic E-state index is 13.7. The highest BCUT2D eigenvalue weighted by molar-refractivity contribution is 5.36. The van der Waals surface area contributed by atoms with E-state index in [-0.39, 0.29) is 11.5 Å². The van der Waals surface area contributed by atoms with Crippen LogP contribution in [0.25, 0.3) is 0 Å². The molecule has 0 unspecified atom stereocenters. The topological polar surface area (TPSA) is 37.9 Å². The molecule has 0 atom stereocenters. The van der Waals surface area contributed by atoms with E-state index in [0.717, 1.165) is 12.8 Å². The van der Waals surface area contributed by atoms with Gasteiger partial charge in [-0.05, 0) is 30.4 Å². The van der Waals surface area contributed by atoms with Crippen molar-refractivity contribution in [1.29, 1.82) is 5.26 Å². The van der Waals surface area contributed by atoms with Crippen molar-refractivity contribution in [2.24, 2.45) is 0 Å². The van der Waals surface area contributed by atoms with Crippen molar-refractivity contribution < 1.29 is 8.78 Å². The van der Waals surface area contributed by atoms with Gasteiger partial charge in [0.2, 0.25) is 0 Å². The molecule has 1 heterocycles. The average Bonchev–Trinajstić information content (AvgIpc) is 2.34. The van der Waals surface area contributed by atoms with Crippen molar-refractivity contribution in [1.82, 2.24) is 5.32 Å². The van der Waals surface area contributed by atoms with Gasteiger partial charge in [0, 0.05) is 13.1 Å². The fourth-order valence-corrected chi connectivity index (χ4v) is 2.03. The lowest BCUT2D eigenvalue weighted by molar-refractivity contribution is 0.424. The Labute approximate surface area is 92.9 Å². The second kappa shape index (κ2) is 4.58. The average molecular weight is 221 g/mol. The predicted octanol–water partition coefficient (Wildman–Crippen LogP) is 2.32. The number of rotatable bonds is 1. The number of halogens is 2. The summed E-state index contributed by atoms with van der Waals surface area (Å²) in [4.78, 5) is 0. The molecule has 1 aliphatic heterocycles. The minimum absolute atomic E-state index is 0.0275. The van der Waals surface area contributed by atoms with Crippen LogP contribution < -0.4 is 5.32 Å². The van der Waals surface area contributed by atoms with Crippen LogP contribution in [0.2, 0.25) is 0 Å². The van der Waals surface area contributed by atoms with Gasteiger partial charge >= 0.3 is 0 Å². The molecule has 2 rings (SSSR count).